The van der Waals surface area contributed by atoms with Crippen LogP contribution in [0.4, 0.5) is 0 Å². The first-order valence-corrected chi connectivity index (χ1v) is 5.98. The van der Waals surface area contributed by atoms with Crippen molar-refractivity contribution >= 4 is 29.1 Å². The lowest BCUT2D eigenvalue weighted by atomic mass is 10.1. The van der Waals surface area contributed by atoms with Gasteiger partial charge in [-0.2, -0.15) is 0 Å². The van der Waals surface area contributed by atoms with Crippen LogP contribution in [0.5, 0.6) is 0 Å². The molecule has 88 valence electrons. The van der Waals surface area contributed by atoms with Gasteiger partial charge in [-0.05, 0) is 31.5 Å². The van der Waals surface area contributed by atoms with Crippen molar-refractivity contribution < 1.29 is 4.79 Å². The fourth-order valence-corrected chi connectivity index (χ4v) is 1.70. The summed E-state index contributed by atoms with van der Waals surface area (Å²) in [5, 5.41) is 0.570. The molecule has 0 spiro atoms. The average Bonchev–Trinajstić information content (AvgIpc) is 2.29. The molecule has 0 aromatic heterocycles. The number of aryl methyl sites for hydroxylation is 1. The first-order valence-electron chi connectivity index (χ1n) is 5.06. The molecule has 0 radical (unpaired) electrons. The van der Waals surface area contributed by atoms with E-state index in [-0.39, 0.29) is 11.9 Å². The number of nitrogens with zero attached hydrogens (tertiary/aromatic N) is 1. The third kappa shape index (κ3) is 2.89. The van der Waals surface area contributed by atoms with Gasteiger partial charge in [0.25, 0.3) is 5.91 Å². The molecule has 0 N–H and O–H groups in total. The molecule has 4 heteroatoms. The topological polar surface area (TPSA) is 20.3 Å². The van der Waals surface area contributed by atoms with Crippen molar-refractivity contribution in [2.45, 2.75) is 19.9 Å². The Morgan fingerprint density at radius 1 is 1.50 bits per heavy atom. The fraction of sp³-hybridized carbons (Fsp3) is 0.417. The minimum Gasteiger partial charge on any atom is -0.338 e. The first-order chi connectivity index (χ1) is 7.47. The fourth-order valence-electron chi connectivity index (χ4n) is 1.32. The molecule has 2 nitrogen and oxygen atoms in total. The monoisotopic (exact) mass is 259 g/mol. The van der Waals surface area contributed by atoms with E-state index in [1.807, 2.05) is 19.9 Å². The van der Waals surface area contributed by atoms with Gasteiger partial charge in [0, 0.05) is 29.6 Å². The number of amides is 1. The van der Waals surface area contributed by atoms with Gasteiger partial charge in [-0.3, -0.25) is 4.79 Å². The summed E-state index contributed by atoms with van der Waals surface area (Å²) in [5.41, 5.74) is 1.55. The molecule has 1 aromatic carbocycles. The summed E-state index contributed by atoms with van der Waals surface area (Å²) >= 11 is 11.6. The minimum atomic E-state index is -0.0480. The molecule has 1 rings (SSSR count). The minimum absolute atomic E-state index is 0.00699. The highest BCUT2D eigenvalue weighted by atomic mass is 35.5. The van der Waals surface area contributed by atoms with Crippen LogP contribution in [0.3, 0.4) is 0 Å². The number of hydrogen-bond donors (Lipinski definition) is 0. The van der Waals surface area contributed by atoms with Crippen LogP contribution in [-0.4, -0.2) is 29.8 Å². The lowest BCUT2D eigenvalue weighted by Crippen LogP contribution is -2.36. The van der Waals surface area contributed by atoms with Crippen molar-refractivity contribution in [3.63, 3.8) is 0 Å². The molecule has 0 heterocycles. The van der Waals surface area contributed by atoms with E-state index in [1.54, 1.807) is 24.1 Å². The summed E-state index contributed by atoms with van der Waals surface area (Å²) in [7, 11) is 1.75. The summed E-state index contributed by atoms with van der Waals surface area (Å²) < 4.78 is 0. The molecule has 1 unspecified atom stereocenters. The van der Waals surface area contributed by atoms with Crippen LogP contribution >= 0.6 is 23.2 Å². The quantitative estimate of drug-likeness (QED) is 0.763. The van der Waals surface area contributed by atoms with E-state index in [4.69, 9.17) is 23.2 Å². The number of benzene rings is 1. The molecule has 1 aromatic rings. The summed E-state index contributed by atoms with van der Waals surface area (Å²) in [6.07, 6.45) is 0. The highest BCUT2D eigenvalue weighted by Crippen LogP contribution is 2.17. The van der Waals surface area contributed by atoms with Crippen molar-refractivity contribution in [3.05, 3.63) is 34.3 Å². The Bertz CT molecular complexity index is 393. The maximum absolute atomic E-state index is 12.1. The molecule has 16 heavy (non-hydrogen) atoms. The predicted octanol–water partition coefficient (Wildman–Crippen LogP) is 3.35. The van der Waals surface area contributed by atoms with Crippen molar-refractivity contribution in [3.8, 4) is 0 Å². The zero-order valence-electron chi connectivity index (χ0n) is 9.63. The average molecular weight is 260 g/mol. The van der Waals surface area contributed by atoms with E-state index in [2.05, 4.69) is 0 Å². The van der Waals surface area contributed by atoms with Gasteiger partial charge in [0.05, 0.1) is 0 Å². The second kappa shape index (κ2) is 5.55. The maximum atomic E-state index is 12.1. The number of alkyl halides is 1. The molecule has 1 atom stereocenters. The molecule has 1 amide bonds. The van der Waals surface area contributed by atoms with Crippen LogP contribution in [0.2, 0.25) is 5.02 Å². The maximum Gasteiger partial charge on any atom is 0.254 e. The van der Waals surface area contributed by atoms with Gasteiger partial charge in [-0.25, -0.2) is 0 Å². The van der Waals surface area contributed by atoms with Crippen molar-refractivity contribution in [2.24, 2.45) is 0 Å². The molecular weight excluding hydrogens is 245 g/mol. The number of carbonyl (C=O) groups excluding carboxylic acids is 1. The summed E-state index contributed by atoms with van der Waals surface area (Å²) in [5.74, 6) is 0.370. The number of halogens is 2. The number of carbonyl (C=O) groups is 1. The van der Waals surface area contributed by atoms with E-state index in [9.17, 15) is 4.79 Å². The predicted molar refractivity (Wildman–Crippen MR) is 68.5 cm³/mol. The van der Waals surface area contributed by atoms with Gasteiger partial charge >= 0.3 is 0 Å². The van der Waals surface area contributed by atoms with Crippen LogP contribution < -0.4 is 0 Å². The SMILES string of the molecule is Cc1ccc(Cl)cc1C(=O)N(C)C(C)CCl. The zero-order valence-corrected chi connectivity index (χ0v) is 11.1. The van der Waals surface area contributed by atoms with E-state index in [1.165, 1.54) is 0 Å². The van der Waals surface area contributed by atoms with Crippen LogP contribution in [0.25, 0.3) is 0 Å². The van der Waals surface area contributed by atoms with Gasteiger partial charge in [0.15, 0.2) is 0 Å². The van der Waals surface area contributed by atoms with Crippen molar-refractivity contribution in [2.75, 3.05) is 12.9 Å². The van der Waals surface area contributed by atoms with E-state index < -0.39 is 0 Å². The molecule has 0 fully saturated rings. The third-order valence-corrected chi connectivity index (χ3v) is 3.32. The molecular formula is C12H15Cl2NO. The van der Waals surface area contributed by atoms with Crippen molar-refractivity contribution in [1.29, 1.82) is 0 Å². The molecule has 0 bridgehead atoms. The summed E-state index contributed by atoms with van der Waals surface area (Å²) in [6, 6.07) is 5.32. The Balaban J connectivity index is 3.00. The molecule has 0 saturated heterocycles. The van der Waals surface area contributed by atoms with Crippen LogP contribution in [0.1, 0.15) is 22.8 Å². The Kier molecular flexibility index (Phi) is 4.63. The number of rotatable bonds is 3. The Labute approximate surface area is 106 Å². The highest BCUT2D eigenvalue weighted by Gasteiger charge is 2.18. The third-order valence-electron chi connectivity index (χ3n) is 2.63. The Morgan fingerprint density at radius 2 is 2.12 bits per heavy atom. The normalized spacial score (nSPS) is 12.3. The summed E-state index contributed by atoms with van der Waals surface area (Å²) in [4.78, 5) is 13.8. The standard InChI is InChI=1S/C12H15Cl2NO/c1-8-4-5-10(14)6-11(8)12(16)15(3)9(2)7-13/h4-6,9H,7H2,1-3H3. The second-order valence-corrected chi connectivity index (χ2v) is 4.62. The van der Waals surface area contributed by atoms with Crippen LogP contribution in [0.15, 0.2) is 18.2 Å². The number of hydrogen-bond acceptors (Lipinski definition) is 1. The van der Waals surface area contributed by atoms with Gasteiger partial charge in [-0.1, -0.05) is 17.7 Å². The molecule has 0 aliphatic rings. The van der Waals surface area contributed by atoms with Gasteiger partial charge in [0.2, 0.25) is 0 Å². The van der Waals surface area contributed by atoms with E-state index >= 15 is 0 Å². The zero-order chi connectivity index (χ0) is 12.3. The Hall–Kier alpha value is -0.730. The van der Waals surface area contributed by atoms with Gasteiger partial charge in [0.1, 0.15) is 0 Å². The molecule has 0 aliphatic carbocycles. The van der Waals surface area contributed by atoms with E-state index in [0.717, 1.165) is 5.56 Å². The smallest absolute Gasteiger partial charge is 0.254 e. The van der Waals surface area contributed by atoms with Gasteiger partial charge < -0.3 is 4.90 Å². The summed E-state index contributed by atoms with van der Waals surface area (Å²) in [6.45, 7) is 3.80. The largest absolute Gasteiger partial charge is 0.338 e. The van der Waals surface area contributed by atoms with Gasteiger partial charge in [-0.15, -0.1) is 11.6 Å². The first kappa shape index (κ1) is 13.3. The second-order valence-electron chi connectivity index (χ2n) is 3.88. The Morgan fingerprint density at radius 3 is 2.69 bits per heavy atom. The van der Waals surface area contributed by atoms with Crippen LogP contribution in [0, 0.1) is 6.92 Å². The molecule has 0 saturated carbocycles. The molecule has 0 aliphatic heterocycles. The van der Waals surface area contributed by atoms with Crippen molar-refractivity contribution in [1.82, 2.24) is 4.90 Å². The van der Waals surface area contributed by atoms with E-state index in [0.29, 0.717) is 16.5 Å². The lowest BCUT2D eigenvalue weighted by molar-refractivity contribution is 0.0756. The lowest BCUT2D eigenvalue weighted by Gasteiger charge is -2.23. The highest BCUT2D eigenvalue weighted by molar-refractivity contribution is 6.31. The van der Waals surface area contributed by atoms with Crippen LogP contribution in [-0.2, 0) is 0 Å².